The molecule has 0 atom stereocenters. The number of amides is 1. The van der Waals surface area contributed by atoms with Crippen LogP contribution in [-0.4, -0.2) is 17.4 Å². The van der Waals surface area contributed by atoms with Gasteiger partial charge in [0.1, 0.15) is 5.82 Å². The molecule has 0 unspecified atom stereocenters. The summed E-state index contributed by atoms with van der Waals surface area (Å²) in [5.41, 5.74) is 7.02. The molecule has 0 fully saturated rings. The number of carbonyl (C=O) groups excluding carboxylic acids is 1. The molecule has 0 spiro atoms. The van der Waals surface area contributed by atoms with E-state index in [1.165, 1.54) is 18.2 Å². The minimum Gasteiger partial charge on any atom is -0.322 e. The Bertz CT molecular complexity index is 732. The number of aryl methyl sites for hydroxylation is 1. The summed E-state index contributed by atoms with van der Waals surface area (Å²) in [6.45, 7) is 1.89. The second kappa shape index (κ2) is 6.64. The molecular weight excluding hydrogens is 269 g/mol. The lowest BCUT2D eigenvalue weighted by atomic mass is 10.1. The van der Waals surface area contributed by atoms with Gasteiger partial charge in [-0.05, 0) is 37.3 Å². The number of hydrogen-bond donors (Lipinski definition) is 2. The van der Waals surface area contributed by atoms with Crippen LogP contribution in [0.4, 0.5) is 10.1 Å². The van der Waals surface area contributed by atoms with Crippen molar-refractivity contribution in [3.63, 3.8) is 0 Å². The van der Waals surface area contributed by atoms with Crippen molar-refractivity contribution < 1.29 is 9.18 Å². The normalized spacial score (nSPS) is 9.67. The van der Waals surface area contributed by atoms with Gasteiger partial charge in [0, 0.05) is 17.6 Å². The lowest BCUT2D eigenvalue weighted by Crippen LogP contribution is -2.14. The van der Waals surface area contributed by atoms with Crippen LogP contribution in [0, 0.1) is 24.6 Å². The van der Waals surface area contributed by atoms with E-state index in [-0.39, 0.29) is 18.0 Å². The van der Waals surface area contributed by atoms with Gasteiger partial charge in [0.05, 0.1) is 17.7 Å². The van der Waals surface area contributed by atoms with E-state index in [1.807, 2.05) is 0 Å². The fourth-order valence-electron chi connectivity index (χ4n) is 1.77. The number of benzene rings is 1. The average Bonchev–Trinajstić information content (AvgIpc) is 2.48. The monoisotopic (exact) mass is 283 g/mol. The number of hydrogen-bond acceptors (Lipinski definition) is 3. The molecule has 1 aromatic heterocycles. The SMILES string of the molecule is Cc1ncccc1C(=O)Nc1ccc(F)c(C#CCN)c1. The van der Waals surface area contributed by atoms with E-state index in [2.05, 4.69) is 22.1 Å². The zero-order valence-electron chi connectivity index (χ0n) is 11.5. The van der Waals surface area contributed by atoms with Crippen LogP contribution in [0.25, 0.3) is 0 Å². The molecule has 0 aliphatic rings. The Morgan fingerprint density at radius 2 is 2.24 bits per heavy atom. The second-order valence-corrected chi connectivity index (χ2v) is 4.29. The fourth-order valence-corrected chi connectivity index (χ4v) is 1.77. The molecule has 0 aliphatic heterocycles. The molecule has 1 amide bonds. The molecule has 1 aromatic carbocycles. The molecule has 0 saturated carbocycles. The quantitative estimate of drug-likeness (QED) is 0.829. The van der Waals surface area contributed by atoms with Crippen LogP contribution in [0.2, 0.25) is 0 Å². The molecule has 5 heteroatoms. The molecule has 0 radical (unpaired) electrons. The Hall–Kier alpha value is -2.71. The molecule has 21 heavy (non-hydrogen) atoms. The van der Waals surface area contributed by atoms with Crippen LogP contribution in [0.1, 0.15) is 21.6 Å². The lowest BCUT2D eigenvalue weighted by molar-refractivity contribution is 0.102. The van der Waals surface area contributed by atoms with Crippen molar-refractivity contribution in [2.24, 2.45) is 5.73 Å². The molecule has 2 rings (SSSR count). The highest BCUT2D eigenvalue weighted by Crippen LogP contribution is 2.15. The Labute approximate surface area is 122 Å². The van der Waals surface area contributed by atoms with Gasteiger partial charge in [-0.2, -0.15) is 0 Å². The predicted octanol–water partition coefficient (Wildman–Crippen LogP) is 2.09. The highest BCUT2D eigenvalue weighted by atomic mass is 19.1. The number of nitrogens with two attached hydrogens (primary N) is 1. The third kappa shape index (κ3) is 3.65. The third-order valence-electron chi connectivity index (χ3n) is 2.80. The number of anilines is 1. The van der Waals surface area contributed by atoms with Gasteiger partial charge in [0.2, 0.25) is 0 Å². The zero-order chi connectivity index (χ0) is 15.2. The number of halogens is 1. The first-order valence-electron chi connectivity index (χ1n) is 6.33. The molecule has 0 aliphatic carbocycles. The molecule has 2 aromatic rings. The first-order chi connectivity index (χ1) is 10.1. The van der Waals surface area contributed by atoms with E-state index < -0.39 is 5.82 Å². The van der Waals surface area contributed by atoms with Crippen LogP contribution in [0.5, 0.6) is 0 Å². The molecule has 1 heterocycles. The van der Waals surface area contributed by atoms with E-state index in [9.17, 15) is 9.18 Å². The molecule has 0 saturated heterocycles. The summed E-state index contributed by atoms with van der Waals surface area (Å²) >= 11 is 0. The summed E-state index contributed by atoms with van der Waals surface area (Å²) in [6, 6.07) is 7.57. The van der Waals surface area contributed by atoms with Gasteiger partial charge < -0.3 is 11.1 Å². The Morgan fingerprint density at radius 3 is 2.95 bits per heavy atom. The second-order valence-electron chi connectivity index (χ2n) is 4.29. The smallest absolute Gasteiger partial charge is 0.257 e. The van der Waals surface area contributed by atoms with Crippen molar-refractivity contribution >= 4 is 11.6 Å². The zero-order valence-corrected chi connectivity index (χ0v) is 11.5. The Kier molecular flexibility index (Phi) is 4.64. The molecule has 106 valence electrons. The molecule has 0 bridgehead atoms. The standard InChI is InChI=1S/C16H14FN3O/c1-11-14(5-3-9-19-11)16(21)20-13-6-7-15(17)12(10-13)4-2-8-18/h3,5-7,9-10H,8,18H2,1H3,(H,20,21). The largest absolute Gasteiger partial charge is 0.322 e. The summed E-state index contributed by atoms with van der Waals surface area (Å²) < 4.78 is 13.6. The minimum absolute atomic E-state index is 0.144. The van der Waals surface area contributed by atoms with Gasteiger partial charge in [-0.1, -0.05) is 11.8 Å². The van der Waals surface area contributed by atoms with Crippen molar-refractivity contribution in [2.75, 3.05) is 11.9 Å². The summed E-state index contributed by atoms with van der Waals surface area (Å²) in [4.78, 5) is 16.2. The highest BCUT2D eigenvalue weighted by Gasteiger charge is 2.10. The van der Waals surface area contributed by atoms with E-state index in [0.29, 0.717) is 16.9 Å². The average molecular weight is 283 g/mol. The fraction of sp³-hybridized carbons (Fsp3) is 0.125. The Morgan fingerprint density at radius 1 is 1.43 bits per heavy atom. The van der Waals surface area contributed by atoms with Gasteiger partial charge in [-0.15, -0.1) is 0 Å². The topological polar surface area (TPSA) is 68.0 Å². The van der Waals surface area contributed by atoms with Crippen molar-refractivity contribution in [1.82, 2.24) is 4.98 Å². The lowest BCUT2D eigenvalue weighted by Gasteiger charge is -2.07. The maximum atomic E-state index is 13.6. The van der Waals surface area contributed by atoms with E-state index in [0.717, 1.165) is 0 Å². The van der Waals surface area contributed by atoms with Gasteiger partial charge in [-0.3, -0.25) is 9.78 Å². The van der Waals surface area contributed by atoms with Gasteiger partial charge in [-0.25, -0.2) is 4.39 Å². The number of nitrogens with zero attached hydrogens (tertiary/aromatic N) is 1. The Balaban J connectivity index is 2.24. The number of aromatic nitrogens is 1. The van der Waals surface area contributed by atoms with E-state index in [4.69, 9.17) is 5.73 Å². The summed E-state index contributed by atoms with van der Waals surface area (Å²) in [5, 5.41) is 2.70. The number of nitrogens with one attached hydrogen (secondary N) is 1. The van der Waals surface area contributed by atoms with Gasteiger partial charge in [0.25, 0.3) is 5.91 Å². The summed E-state index contributed by atoms with van der Waals surface area (Å²) in [5.74, 6) is 4.45. The predicted molar refractivity (Wildman–Crippen MR) is 79.3 cm³/mol. The molecule has 4 nitrogen and oxygen atoms in total. The van der Waals surface area contributed by atoms with Crippen molar-refractivity contribution in [3.05, 3.63) is 59.2 Å². The maximum absolute atomic E-state index is 13.6. The van der Waals surface area contributed by atoms with Crippen molar-refractivity contribution in [2.45, 2.75) is 6.92 Å². The van der Waals surface area contributed by atoms with Crippen LogP contribution < -0.4 is 11.1 Å². The first-order valence-corrected chi connectivity index (χ1v) is 6.33. The van der Waals surface area contributed by atoms with Gasteiger partial charge >= 0.3 is 0 Å². The van der Waals surface area contributed by atoms with E-state index >= 15 is 0 Å². The van der Waals surface area contributed by atoms with Crippen LogP contribution in [0.15, 0.2) is 36.5 Å². The molecular formula is C16H14FN3O. The third-order valence-corrected chi connectivity index (χ3v) is 2.80. The van der Waals surface area contributed by atoms with E-state index in [1.54, 1.807) is 25.3 Å². The minimum atomic E-state index is -0.452. The summed E-state index contributed by atoms with van der Waals surface area (Å²) in [6.07, 6.45) is 1.62. The van der Waals surface area contributed by atoms with Crippen molar-refractivity contribution in [1.29, 1.82) is 0 Å². The number of rotatable bonds is 2. The van der Waals surface area contributed by atoms with Gasteiger partial charge in [0.15, 0.2) is 0 Å². The first kappa shape index (κ1) is 14.7. The number of carbonyl (C=O) groups is 1. The van der Waals surface area contributed by atoms with Crippen molar-refractivity contribution in [3.8, 4) is 11.8 Å². The van der Waals surface area contributed by atoms with Crippen LogP contribution in [0.3, 0.4) is 0 Å². The molecule has 3 N–H and O–H groups in total. The summed E-state index contributed by atoms with van der Waals surface area (Å²) in [7, 11) is 0. The van der Waals surface area contributed by atoms with Crippen LogP contribution in [-0.2, 0) is 0 Å². The maximum Gasteiger partial charge on any atom is 0.257 e. The van der Waals surface area contributed by atoms with Crippen LogP contribution >= 0.6 is 0 Å². The highest BCUT2D eigenvalue weighted by molar-refractivity contribution is 6.05. The number of pyridine rings is 1.